The van der Waals surface area contributed by atoms with Gasteiger partial charge in [0.1, 0.15) is 5.69 Å². The number of carbonyl (C=O) groups is 1. The Bertz CT molecular complexity index is 932. The van der Waals surface area contributed by atoms with Crippen molar-refractivity contribution in [3.8, 4) is 16.9 Å². The number of amides is 1. The van der Waals surface area contributed by atoms with Gasteiger partial charge in [0.2, 0.25) is 0 Å². The van der Waals surface area contributed by atoms with Gasteiger partial charge >= 0.3 is 0 Å². The first kappa shape index (κ1) is 19.8. The molecule has 0 bridgehead atoms. The van der Waals surface area contributed by atoms with E-state index >= 15 is 0 Å². The summed E-state index contributed by atoms with van der Waals surface area (Å²) in [6, 6.07) is 16.0. The normalized spacial score (nSPS) is 10.8. The Balaban J connectivity index is 1.91. The van der Waals surface area contributed by atoms with E-state index in [9.17, 15) is 4.79 Å². The molecule has 146 valence electrons. The summed E-state index contributed by atoms with van der Waals surface area (Å²) in [5.74, 6) is -0.104. The fourth-order valence-electron chi connectivity index (χ4n) is 3.02. The fourth-order valence-corrected chi connectivity index (χ4v) is 3.02. The van der Waals surface area contributed by atoms with Crippen LogP contribution in [0.3, 0.4) is 0 Å². The second-order valence-electron chi connectivity index (χ2n) is 6.93. The lowest BCUT2D eigenvalue weighted by Gasteiger charge is -2.07. The van der Waals surface area contributed by atoms with E-state index in [0.717, 1.165) is 24.1 Å². The molecule has 5 heteroatoms. The van der Waals surface area contributed by atoms with Gasteiger partial charge in [-0.15, -0.1) is 0 Å². The van der Waals surface area contributed by atoms with E-state index in [1.165, 1.54) is 11.1 Å². The average molecular weight is 377 g/mol. The van der Waals surface area contributed by atoms with Crippen molar-refractivity contribution in [1.82, 2.24) is 15.1 Å². The minimum atomic E-state index is -0.104. The van der Waals surface area contributed by atoms with Crippen LogP contribution in [-0.4, -0.2) is 35.9 Å². The first-order valence-corrected chi connectivity index (χ1v) is 9.60. The Morgan fingerprint density at radius 1 is 1.07 bits per heavy atom. The van der Waals surface area contributed by atoms with Crippen LogP contribution in [0.5, 0.6) is 0 Å². The Labute approximate surface area is 166 Å². The molecule has 1 N–H and O–H groups in total. The maximum Gasteiger partial charge on any atom is 0.255 e. The van der Waals surface area contributed by atoms with Crippen molar-refractivity contribution in [1.29, 1.82) is 0 Å². The number of carbonyl (C=O) groups excluding carboxylic acids is 1. The second-order valence-corrected chi connectivity index (χ2v) is 6.93. The van der Waals surface area contributed by atoms with Crippen molar-refractivity contribution >= 4 is 5.91 Å². The van der Waals surface area contributed by atoms with Gasteiger partial charge in [-0.2, -0.15) is 5.10 Å². The average Bonchev–Trinajstić information content (AvgIpc) is 3.16. The molecule has 0 saturated heterocycles. The highest BCUT2D eigenvalue weighted by Crippen LogP contribution is 2.26. The molecule has 1 aromatic heterocycles. The molecular formula is C23H27N3O2. The van der Waals surface area contributed by atoms with E-state index in [2.05, 4.69) is 31.3 Å². The zero-order chi connectivity index (χ0) is 19.9. The molecule has 3 rings (SSSR count). The van der Waals surface area contributed by atoms with Crippen LogP contribution in [0.1, 0.15) is 34.3 Å². The molecule has 0 aliphatic heterocycles. The van der Waals surface area contributed by atoms with Gasteiger partial charge < -0.3 is 10.1 Å². The Morgan fingerprint density at radius 3 is 2.57 bits per heavy atom. The van der Waals surface area contributed by atoms with Crippen molar-refractivity contribution in [2.45, 2.75) is 26.7 Å². The predicted octanol–water partition coefficient (Wildman–Crippen LogP) is 4.31. The molecule has 0 spiro atoms. The van der Waals surface area contributed by atoms with E-state index < -0.39 is 0 Å². The van der Waals surface area contributed by atoms with Crippen LogP contribution in [0.4, 0.5) is 0 Å². The molecule has 0 unspecified atom stereocenters. The van der Waals surface area contributed by atoms with Crippen molar-refractivity contribution in [3.63, 3.8) is 0 Å². The third kappa shape index (κ3) is 4.67. The molecule has 2 aromatic carbocycles. The summed E-state index contributed by atoms with van der Waals surface area (Å²) < 4.78 is 6.83. The fraction of sp³-hybridized carbons (Fsp3) is 0.304. The molecule has 1 heterocycles. The lowest BCUT2D eigenvalue weighted by molar-refractivity contribution is 0.0952. The van der Waals surface area contributed by atoms with Gasteiger partial charge in [-0.05, 0) is 56.0 Å². The molecule has 28 heavy (non-hydrogen) atoms. The molecule has 0 atom stereocenters. The number of hydrogen-bond donors (Lipinski definition) is 1. The number of ether oxygens (including phenoxy) is 1. The Kier molecular flexibility index (Phi) is 6.61. The van der Waals surface area contributed by atoms with Crippen LogP contribution in [-0.2, 0) is 4.74 Å². The van der Waals surface area contributed by atoms with Gasteiger partial charge in [0, 0.05) is 32.0 Å². The van der Waals surface area contributed by atoms with Crippen molar-refractivity contribution in [2.75, 3.05) is 20.3 Å². The van der Waals surface area contributed by atoms with Gasteiger partial charge in [-0.3, -0.25) is 4.79 Å². The summed E-state index contributed by atoms with van der Waals surface area (Å²) in [5, 5.41) is 7.75. The van der Waals surface area contributed by atoms with Gasteiger partial charge in [-0.1, -0.05) is 30.3 Å². The van der Waals surface area contributed by atoms with E-state index in [1.54, 1.807) is 11.8 Å². The van der Waals surface area contributed by atoms with Crippen molar-refractivity contribution in [3.05, 3.63) is 71.4 Å². The Morgan fingerprint density at radius 2 is 1.86 bits per heavy atom. The number of nitrogens with zero attached hydrogens (tertiary/aromatic N) is 2. The Hall–Kier alpha value is -2.92. The third-order valence-electron chi connectivity index (χ3n) is 4.82. The number of aryl methyl sites for hydroxylation is 2. The summed E-state index contributed by atoms with van der Waals surface area (Å²) in [6.07, 6.45) is 3.61. The molecule has 0 saturated carbocycles. The monoisotopic (exact) mass is 377 g/mol. The summed E-state index contributed by atoms with van der Waals surface area (Å²) in [7, 11) is 1.69. The van der Waals surface area contributed by atoms with Crippen LogP contribution in [0.25, 0.3) is 16.9 Å². The number of unbranched alkanes of at least 4 members (excludes halogenated alkanes) is 1. The molecule has 0 aliphatic carbocycles. The van der Waals surface area contributed by atoms with Crippen molar-refractivity contribution in [2.24, 2.45) is 0 Å². The lowest BCUT2D eigenvalue weighted by Crippen LogP contribution is -2.24. The summed E-state index contributed by atoms with van der Waals surface area (Å²) in [6.45, 7) is 5.47. The maximum atomic E-state index is 12.9. The molecule has 0 radical (unpaired) electrons. The number of hydrogen-bond acceptors (Lipinski definition) is 3. The zero-order valence-corrected chi connectivity index (χ0v) is 16.7. The van der Waals surface area contributed by atoms with Crippen LogP contribution >= 0.6 is 0 Å². The highest BCUT2D eigenvalue weighted by molar-refractivity contribution is 6.00. The molecule has 0 aliphatic rings. The molecular weight excluding hydrogens is 350 g/mol. The van der Waals surface area contributed by atoms with E-state index in [-0.39, 0.29) is 5.91 Å². The highest BCUT2D eigenvalue weighted by atomic mass is 16.5. The van der Waals surface area contributed by atoms with Crippen molar-refractivity contribution < 1.29 is 9.53 Å². The maximum absolute atomic E-state index is 12.9. The highest BCUT2D eigenvalue weighted by Gasteiger charge is 2.18. The minimum absolute atomic E-state index is 0.104. The number of para-hydroxylation sites is 1. The minimum Gasteiger partial charge on any atom is -0.385 e. The summed E-state index contributed by atoms with van der Waals surface area (Å²) in [4.78, 5) is 12.9. The first-order chi connectivity index (χ1) is 13.6. The van der Waals surface area contributed by atoms with Gasteiger partial charge in [0.15, 0.2) is 0 Å². The number of nitrogens with one attached hydrogen (secondary N) is 1. The van der Waals surface area contributed by atoms with E-state index in [4.69, 9.17) is 9.84 Å². The predicted molar refractivity (Wildman–Crippen MR) is 112 cm³/mol. The number of benzene rings is 2. The zero-order valence-electron chi connectivity index (χ0n) is 16.7. The van der Waals surface area contributed by atoms with Crippen LogP contribution in [0.15, 0.2) is 54.7 Å². The SMILES string of the molecule is COCCCCNC(=O)c1cn(-c2ccccc2)nc1-c1ccc(C)c(C)c1. The number of rotatable bonds is 8. The topological polar surface area (TPSA) is 56.1 Å². The van der Waals surface area contributed by atoms with Gasteiger partial charge in [0.05, 0.1) is 11.3 Å². The molecule has 1 amide bonds. The first-order valence-electron chi connectivity index (χ1n) is 9.60. The number of aromatic nitrogens is 2. The van der Waals surface area contributed by atoms with Gasteiger partial charge in [0.25, 0.3) is 5.91 Å². The molecule has 0 fully saturated rings. The third-order valence-corrected chi connectivity index (χ3v) is 4.82. The largest absolute Gasteiger partial charge is 0.385 e. The van der Waals surface area contributed by atoms with Crippen LogP contribution < -0.4 is 5.32 Å². The van der Waals surface area contributed by atoms with Crippen LogP contribution in [0, 0.1) is 13.8 Å². The summed E-state index contributed by atoms with van der Waals surface area (Å²) >= 11 is 0. The smallest absolute Gasteiger partial charge is 0.255 e. The molecule has 5 nitrogen and oxygen atoms in total. The number of methoxy groups -OCH3 is 1. The second kappa shape index (κ2) is 9.33. The standard InChI is InChI=1S/C23H27N3O2/c1-17-11-12-19(15-18(17)2)22-21(23(27)24-13-7-8-14-28-3)16-26(25-22)20-9-5-4-6-10-20/h4-6,9-12,15-16H,7-8,13-14H2,1-3H3,(H,24,27). The van der Waals surface area contributed by atoms with E-state index in [0.29, 0.717) is 24.4 Å². The lowest BCUT2D eigenvalue weighted by atomic mass is 10.0. The van der Waals surface area contributed by atoms with E-state index in [1.807, 2.05) is 42.6 Å². The molecule has 3 aromatic rings. The quantitative estimate of drug-likeness (QED) is 0.595. The summed E-state index contributed by atoms with van der Waals surface area (Å²) in [5.41, 5.74) is 5.54. The van der Waals surface area contributed by atoms with Crippen LogP contribution in [0.2, 0.25) is 0 Å². The van der Waals surface area contributed by atoms with Gasteiger partial charge in [-0.25, -0.2) is 4.68 Å².